The molecule has 164 valence electrons. The monoisotopic (exact) mass is 441 g/mol. The lowest BCUT2D eigenvalue weighted by atomic mass is 10.1. The van der Waals surface area contributed by atoms with Gasteiger partial charge in [0.25, 0.3) is 11.1 Å². The van der Waals surface area contributed by atoms with Crippen molar-refractivity contribution in [3.8, 4) is 0 Å². The summed E-state index contributed by atoms with van der Waals surface area (Å²) in [6.45, 7) is 5.69. The Bertz CT molecular complexity index is 1050. The Morgan fingerprint density at radius 1 is 1.32 bits per heavy atom. The molecule has 3 amide bonds. The van der Waals surface area contributed by atoms with Crippen LogP contribution in [0, 0.1) is 0 Å². The van der Waals surface area contributed by atoms with E-state index in [9.17, 15) is 14.4 Å². The molecule has 0 spiro atoms. The molecule has 8 heteroatoms. The summed E-state index contributed by atoms with van der Waals surface area (Å²) >= 11 is 0.961. The number of hydrogen-bond donors (Lipinski definition) is 1. The molecule has 7 nitrogen and oxygen atoms in total. The van der Waals surface area contributed by atoms with Crippen LogP contribution in [0.1, 0.15) is 37.8 Å². The maximum atomic E-state index is 12.6. The summed E-state index contributed by atoms with van der Waals surface area (Å²) in [6, 6.07) is 6.03. The number of rotatable bonds is 7. The van der Waals surface area contributed by atoms with Crippen LogP contribution in [-0.2, 0) is 27.3 Å². The average Bonchev–Trinajstić information content (AvgIpc) is 3.46. The lowest BCUT2D eigenvalue weighted by Crippen LogP contribution is -2.34. The molecule has 0 bridgehead atoms. The lowest BCUT2D eigenvalue weighted by molar-refractivity contribution is -0.123. The first-order chi connectivity index (χ1) is 15.0. The van der Waals surface area contributed by atoms with Crippen molar-refractivity contribution in [1.82, 2.24) is 14.8 Å². The standard InChI is InChI=1S/C23H27N3O4S/c1-3-15-7-5-9-18-16(11-19-22(28)26(4-2)23(29)31-19)13-25(21(15)18)14-20(27)24-12-17-8-6-10-30-17/h5,7,9,11,13,17H,3-4,6,8,10,12,14H2,1-2H3,(H,24,27)/b19-11-/t17-/m1/s1. The summed E-state index contributed by atoms with van der Waals surface area (Å²) in [6.07, 6.45) is 6.60. The van der Waals surface area contributed by atoms with Gasteiger partial charge in [-0.2, -0.15) is 0 Å². The summed E-state index contributed by atoms with van der Waals surface area (Å²) in [5, 5.41) is 3.70. The Hall–Kier alpha value is -2.58. The molecular formula is C23H27N3O4S. The summed E-state index contributed by atoms with van der Waals surface area (Å²) < 4.78 is 7.52. The van der Waals surface area contributed by atoms with Crippen LogP contribution in [0.25, 0.3) is 17.0 Å². The van der Waals surface area contributed by atoms with Crippen LogP contribution < -0.4 is 5.32 Å². The molecule has 2 saturated heterocycles. The van der Waals surface area contributed by atoms with Gasteiger partial charge in [0.2, 0.25) is 5.91 Å². The third-order valence-corrected chi connectivity index (χ3v) is 6.64. The molecule has 0 aliphatic carbocycles. The molecule has 3 heterocycles. The average molecular weight is 442 g/mol. The third-order valence-electron chi connectivity index (χ3n) is 5.73. The largest absolute Gasteiger partial charge is 0.376 e. The molecule has 31 heavy (non-hydrogen) atoms. The van der Waals surface area contributed by atoms with Crippen molar-refractivity contribution in [2.24, 2.45) is 0 Å². The van der Waals surface area contributed by atoms with E-state index in [-0.39, 0.29) is 29.7 Å². The fourth-order valence-electron chi connectivity index (χ4n) is 4.15. The minimum atomic E-state index is -0.264. The number of hydrogen-bond acceptors (Lipinski definition) is 5. The lowest BCUT2D eigenvalue weighted by Gasteiger charge is -2.12. The van der Waals surface area contributed by atoms with E-state index < -0.39 is 0 Å². The Morgan fingerprint density at radius 2 is 2.16 bits per heavy atom. The number of aryl methyl sites for hydroxylation is 1. The number of nitrogens with one attached hydrogen (secondary N) is 1. The molecule has 2 fully saturated rings. The summed E-state index contributed by atoms with van der Waals surface area (Å²) in [7, 11) is 0. The number of para-hydroxylation sites is 1. The van der Waals surface area contributed by atoms with Crippen LogP contribution in [0.3, 0.4) is 0 Å². The number of aromatic nitrogens is 1. The zero-order chi connectivity index (χ0) is 22.0. The van der Waals surface area contributed by atoms with E-state index in [0.29, 0.717) is 18.0 Å². The first-order valence-corrected chi connectivity index (χ1v) is 11.6. The molecule has 2 aromatic rings. The van der Waals surface area contributed by atoms with Gasteiger partial charge >= 0.3 is 0 Å². The molecule has 4 rings (SSSR count). The van der Waals surface area contributed by atoms with Crippen molar-refractivity contribution in [3.05, 3.63) is 40.4 Å². The van der Waals surface area contributed by atoms with Crippen molar-refractivity contribution in [1.29, 1.82) is 0 Å². The topological polar surface area (TPSA) is 80.6 Å². The molecule has 0 unspecified atom stereocenters. The van der Waals surface area contributed by atoms with Gasteiger partial charge in [0.15, 0.2) is 0 Å². The van der Waals surface area contributed by atoms with Gasteiger partial charge in [-0.25, -0.2) is 0 Å². The minimum absolute atomic E-state index is 0.0730. The first-order valence-electron chi connectivity index (χ1n) is 10.8. The van der Waals surface area contributed by atoms with E-state index in [0.717, 1.165) is 59.7 Å². The Kier molecular flexibility index (Phi) is 6.48. The van der Waals surface area contributed by atoms with Crippen LogP contribution in [-0.4, -0.2) is 52.3 Å². The predicted molar refractivity (Wildman–Crippen MR) is 122 cm³/mol. The van der Waals surface area contributed by atoms with Crippen molar-refractivity contribution in [2.45, 2.75) is 45.8 Å². The van der Waals surface area contributed by atoms with Gasteiger partial charge in [-0.1, -0.05) is 25.1 Å². The quantitative estimate of drug-likeness (QED) is 0.665. The molecule has 1 aromatic heterocycles. The third kappa shape index (κ3) is 4.41. The Labute approximate surface area is 185 Å². The molecule has 2 aliphatic rings. The Morgan fingerprint density at radius 3 is 2.84 bits per heavy atom. The number of carbonyl (C=O) groups excluding carboxylic acids is 3. The van der Waals surface area contributed by atoms with Gasteiger partial charge in [0.05, 0.1) is 16.5 Å². The van der Waals surface area contributed by atoms with Gasteiger partial charge in [-0.3, -0.25) is 19.3 Å². The van der Waals surface area contributed by atoms with Gasteiger partial charge in [0.1, 0.15) is 6.54 Å². The number of nitrogens with zero attached hydrogens (tertiary/aromatic N) is 2. The highest BCUT2D eigenvalue weighted by Gasteiger charge is 2.34. The minimum Gasteiger partial charge on any atom is -0.376 e. The molecule has 0 radical (unpaired) electrons. The highest BCUT2D eigenvalue weighted by molar-refractivity contribution is 8.18. The van der Waals surface area contributed by atoms with Crippen LogP contribution >= 0.6 is 11.8 Å². The summed E-state index contributed by atoms with van der Waals surface area (Å²) in [4.78, 5) is 38.9. The van der Waals surface area contributed by atoms with Crippen molar-refractivity contribution >= 4 is 45.8 Å². The zero-order valence-corrected chi connectivity index (χ0v) is 18.7. The van der Waals surface area contributed by atoms with Crippen molar-refractivity contribution < 1.29 is 19.1 Å². The smallest absolute Gasteiger partial charge is 0.293 e. The van der Waals surface area contributed by atoms with Gasteiger partial charge in [-0.15, -0.1) is 0 Å². The van der Waals surface area contributed by atoms with Gasteiger partial charge < -0.3 is 14.6 Å². The predicted octanol–water partition coefficient (Wildman–Crippen LogP) is 3.56. The van der Waals surface area contributed by atoms with E-state index >= 15 is 0 Å². The molecule has 1 aromatic carbocycles. The van der Waals surface area contributed by atoms with Crippen molar-refractivity contribution in [2.75, 3.05) is 19.7 Å². The van der Waals surface area contributed by atoms with Gasteiger partial charge in [-0.05, 0) is 49.6 Å². The Balaban J connectivity index is 1.63. The first kappa shape index (κ1) is 21.6. The number of fused-ring (bicyclic) bond motifs is 1. The van der Waals surface area contributed by atoms with Crippen LogP contribution in [0.15, 0.2) is 29.3 Å². The number of likely N-dealkylation sites (N-methyl/N-ethyl adjacent to an activating group) is 1. The highest BCUT2D eigenvalue weighted by atomic mass is 32.2. The second-order valence-electron chi connectivity index (χ2n) is 7.74. The fourth-order valence-corrected chi connectivity index (χ4v) is 5.04. The van der Waals surface area contributed by atoms with Gasteiger partial charge in [0, 0.05) is 36.8 Å². The normalized spacial score (nSPS) is 20.4. The maximum absolute atomic E-state index is 12.6. The molecular weight excluding hydrogens is 414 g/mol. The van der Waals surface area contributed by atoms with Crippen LogP contribution in [0.2, 0.25) is 0 Å². The number of thioether (sulfide) groups is 1. The number of imide groups is 1. The second-order valence-corrected chi connectivity index (χ2v) is 8.74. The molecule has 2 aliphatic heterocycles. The maximum Gasteiger partial charge on any atom is 0.293 e. The molecule has 1 N–H and O–H groups in total. The van der Waals surface area contributed by atoms with E-state index in [4.69, 9.17) is 4.74 Å². The molecule has 0 saturated carbocycles. The van der Waals surface area contributed by atoms with Crippen LogP contribution in [0.5, 0.6) is 0 Å². The van der Waals surface area contributed by atoms with E-state index in [1.54, 1.807) is 13.0 Å². The summed E-state index contributed by atoms with van der Waals surface area (Å²) in [5.74, 6) is -0.337. The SMILES string of the molecule is CCc1cccc2c(/C=C3\SC(=O)N(CC)C3=O)cn(CC(=O)NC[C@H]3CCCO3)c12. The van der Waals surface area contributed by atoms with E-state index in [2.05, 4.69) is 18.3 Å². The van der Waals surface area contributed by atoms with E-state index in [1.165, 1.54) is 4.90 Å². The van der Waals surface area contributed by atoms with E-state index in [1.807, 2.05) is 22.9 Å². The highest BCUT2D eigenvalue weighted by Crippen LogP contribution is 2.34. The van der Waals surface area contributed by atoms with Crippen molar-refractivity contribution in [3.63, 3.8) is 0 Å². The zero-order valence-electron chi connectivity index (χ0n) is 17.8. The summed E-state index contributed by atoms with van der Waals surface area (Å²) in [5.41, 5.74) is 2.95. The number of carbonyl (C=O) groups is 3. The fraction of sp³-hybridized carbons (Fsp3) is 0.435. The van der Waals surface area contributed by atoms with Crippen LogP contribution in [0.4, 0.5) is 4.79 Å². The number of amides is 3. The second kappa shape index (κ2) is 9.28. The number of ether oxygens (including phenoxy) is 1. The number of benzene rings is 1. The molecule has 1 atom stereocenters.